The van der Waals surface area contributed by atoms with Gasteiger partial charge in [-0.3, -0.25) is 4.72 Å². The van der Waals surface area contributed by atoms with Crippen LogP contribution in [0.15, 0.2) is 60.0 Å². The molecule has 100 valence electrons. The van der Waals surface area contributed by atoms with Gasteiger partial charge in [0, 0.05) is 5.69 Å². The van der Waals surface area contributed by atoms with Crippen molar-refractivity contribution in [3.63, 3.8) is 0 Å². The van der Waals surface area contributed by atoms with E-state index < -0.39 is 10.0 Å². The first-order chi connectivity index (χ1) is 9.59. The van der Waals surface area contributed by atoms with E-state index in [0.717, 1.165) is 11.0 Å². The molecule has 0 saturated heterocycles. The van der Waals surface area contributed by atoms with Gasteiger partial charge in [0.05, 0.1) is 17.0 Å². The van der Waals surface area contributed by atoms with E-state index in [0.29, 0.717) is 11.3 Å². The molecule has 1 N–H and O–H groups in total. The molecule has 0 saturated carbocycles. The molecule has 0 amide bonds. The molecule has 0 aliphatic heterocycles. The number of anilines is 1. The van der Waals surface area contributed by atoms with E-state index in [1.54, 1.807) is 24.3 Å². The van der Waals surface area contributed by atoms with E-state index in [9.17, 15) is 8.42 Å². The van der Waals surface area contributed by atoms with Crippen LogP contribution < -0.4 is 4.72 Å². The normalized spacial score (nSPS) is 11.2. The molecule has 0 fully saturated rings. The molecule has 2 aromatic rings. The van der Waals surface area contributed by atoms with Crippen molar-refractivity contribution in [2.45, 2.75) is 0 Å². The van der Waals surface area contributed by atoms with Crippen LogP contribution in [0.4, 0.5) is 5.69 Å². The quantitative estimate of drug-likeness (QED) is 0.938. The Hall–Kier alpha value is -2.58. The maximum atomic E-state index is 11.9. The lowest BCUT2D eigenvalue weighted by Gasteiger charge is -2.03. The predicted molar refractivity (Wildman–Crippen MR) is 79.2 cm³/mol. The van der Waals surface area contributed by atoms with E-state index >= 15 is 0 Å². The van der Waals surface area contributed by atoms with E-state index in [1.807, 2.05) is 36.4 Å². The summed E-state index contributed by atoms with van der Waals surface area (Å²) in [5.41, 5.74) is 1.70. The highest BCUT2D eigenvalue weighted by molar-refractivity contribution is 7.95. The second-order valence-electron chi connectivity index (χ2n) is 4.05. The molecule has 2 rings (SSSR count). The lowest BCUT2D eigenvalue weighted by molar-refractivity contribution is 0.609. The molecule has 0 unspecified atom stereocenters. The fourth-order valence-electron chi connectivity index (χ4n) is 1.54. The van der Waals surface area contributed by atoms with Crippen LogP contribution in [0, 0.1) is 11.3 Å². The van der Waals surface area contributed by atoms with Crippen molar-refractivity contribution >= 4 is 21.8 Å². The summed E-state index contributed by atoms with van der Waals surface area (Å²) < 4.78 is 26.1. The summed E-state index contributed by atoms with van der Waals surface area (Å²) >= 11 is 0. The second-order valence-corrected chi connectivity index (χ2v) is 5.62. The molecule has 0 bridgehead atoms. The first-order valence-electron chi connectivity index (χ1n) is 5.85. The van der Waals surface area contributed by atoms with Gasteiger partial charge in [-0.1, -0.05) is 30.3 Å². The van der Waals surface area contributed by atoms with Crippen LogP contribution >= 0.6 is 0 Å². The van der Waals surface area contributed by atoms with Gasteiger partial charge < -0.3 is 0 Å². The number of nitriles is 1. The first-order valence-corrected chi connectivity index (χ1v) is 7.40. The zero-order valence-corrected chi connectivity index (χ0v) is 11.3. The number of benzene rings is 2. The van der Waals surface area contributed by atoms with Gasteiger partial charge in [-0.05, 0) is 35.9 Å². The summed E-state index contributed by atoms with van der Waals surface area (Å²) in [6, 6.07) is 17.3. The SMILES string of the molecule is N#Cc1ccc(NS(=O)(=O)C=Cc2ccccc2)cc1. The number of hydrogen-bond donors (Lipinski definition) is 1. The lowest BCUT2D eigenvalue weighted by Crippen LogP contribution is -2.08. The van der Waals surface area contributed by atoms with Gasteiger partial charge >= 0.3 is 0 Å². The Balaban J connectivity index is 2.11. The molecule has 0 heterocycles. The topological polar surface area (TPSA) is 70.0 Å². The second kappa shape index (κ2) is 6.04. The zero-order chi connectivity index (χ0) is 14.4. The van der Waals surface area contributed by atoms with Crippen LogP contribution in [0.1, 0.15) is 11.1 Å². The van der Waals surface area contributed by atoms with Gasteiger partial charge in [-0.25, -0.2) is 8.42 Å². The van der Waals surface area contributed by atoms with E-state index in [1.165, 1.54) is 6.08 Å². The maximum Gasteiger partial charge on any atom is 0.255 e. The van der Waals surface area contributed by atoms with Crippen molar-refractivity contribution in [1.82, 2.24) is 0 Å². The molecule has 5 heteroatoms. The number of nitrogens with zero attached hydrogens (tertiary/aromatic N) is 1. The summed E-state index contributed by atoms with van der Waals surface area (Å²) in [7, 11) is -3.57. The molecular weight excluding hydrogens is 272 g/mol. The summed E-state index contributed by atoms with van der Waals surface area (Å²) in [4.78, 5) is 0. The Bertz CT molecular complexity index is 743. The Morgan fingerprint density at radius 2 is 1.65 bits per heavy atom. The third kappa shape index (κ3) is 3.97. The largest absolute Gasteiger partial charge is 0.280 e. The van der Waals surface area contributed by atoms with Gasteiger partial charge in [0.1, 0.15) is 0 Å². The minimum absolute atomic E-state index is 0.418. The summed E-state index contributed by atoms with van der Waals surface area (Å²) in [5.74, 6) is 0. The van der Waals surface area contributed by atoms with E-state index in [2.05, 4.69) is 4.72 Å². The van der Waals surface area contributed by atoms with Crippen LogP contribution in [0.5, 0.6) is 0 Å². The van der Waals surface area contributed by atoms with Crippen LogP contribution in [0.3, 0.4) is 0 Å². The third-order valence-corrected chi connectivity index (χ3v) is 3.53. The Labute approximate surface area is 118 Å². The number of sulfonamides is 1. The van der Waals surface area contributed by atoms with Crippen molar-refractivity contribution in [3.8, 4) is 6.07 Å². The van der Waals surface area contributed by atoms with E-state index in [-0.39, 0.29) is 0 Å². The lowest BCUT2D eigenvalue weighted by atomic mass is 10.2. The molecule has 0 aliphatic rings. The highest BCUT2D eigenvalue weighted by atomic mass is 32.2. The van der Waals surface area contributed by atoms with Crippen molar-refractivity contribution < 1.29 is 8.42 Å². The van der Waals surface area contributed by atoms with Gasteiger partial charge in [0.2, 0.25) is 0 Å². The molecule has 20 heavy (non-hydrogen) atoms. The molecule has 0 atom stereocenters. The van der Waals surface area contributed by atoms with Crippen molar-refractivity contribution in [3.05, 3.63) is 71.1 Å². The number of hydrogen-bond acceptors (Lipinski definition) is 3. The minimum atomic E-state index is -3.57. The Morgan fingerprint density at radius 1 is 1.00 bits per heavy atom. The Kier molecular flexibility index (Phi) is 4.18. The number of nitrogens with one attached hydrogen (secondary N) is 1. The fourth-order valence-corrected chi connectivity index (χ4v) is 2.41. The summed E-state index contributed by atoms with van der Waals surface area (Å²) in [6.07, 6.45) is 1.52. The molecule has 2 aromatic carbocycles. The molecule has 4 nitrogen and oxygen atoms in total. The summed E-state index contributed by atoms with van der Waals surface area (Å²) in [6.45, 7) is 0. The monoisotopic (exact) mass is 284 g/mol. The van der Waals surface area contributed by atoms with Crippen molar-refractivity contribution in [1.29, 1.82) is 5.26 Å². The van der Waals surface area contributed by atoms with E-state index in [4.69, 9.17) is 5.26 Å². The van der Waals surface area contributed by atoms with Crippen LogP contribution in [-0.2, 0) is 10.0 Å². The average molecular weight is 284 g/mol. The summed E-state index contributed by atoms with van der Waals surface area (Å²) in [5, 5.41) is 9.78. The zero-order valence-electron chi connectivity index (χ0n) is 10.5. The van der Waals surface area contributed by atoms with Crippen molar-refractivity contribution in [2.75, 3.05) is 4.72 Å². The van der Waals surface area contributed by atoms with Gasteiger partial charge in [0.15, 0.2) is 0 Å². The molecule has 0 aromatic heterocycles. The molecule has 0 aliphatic carbocycles. The molecular formula is C15H12N2O2S. The highest BCUT2D eigenvalue weighted by Gasteiger charge is 2.05. The standard InChI is InChI=1S/C15H12N2O2S/c16-12-14-6-8-15(9-7-14)17-20(18,19)11-10-13-4-2-1-3-5-13/h1-11,17H. The molecule has 0 radical (unpaired) electrons. The number of rotatable bonds is 4. The fraction of sp³-hybridized carbons (Fsp3) is 0. The van der Waals surface area contributed by atoms with Gasteiger partial charge in [-0.15, -0.1) is 0 Å². The average Bonchev–Trinajstić information content (AvgIpc) is 2.47. The van der Waals surface area contributed by atoms with Gasteiger partial charge in [0.25, 0.3) is 10.0 Å². The smallest absolute Gasteiger partial charge is 0.255 e. The van der Waals surface area contributed by atoms with Crippen LogP contribution in [0.2, 0.25) is 0 Å². The molecule has 0 spiro atoms. The highest BCUT2D eigenvalue weighted by Crippen LogP contribution is 2.12. The van der Waals surface area contributed by atoms with Crippen LogP contribution in [0.25, 0.3) is 6.08 Å². The maximum absolute atomic E-state index is 11.9. The van der Waals surface area contributed by atoms with Crippen molar-refractivity contribution in [2.24, 2.45) is 0 Å². The Morgan fingerprint density at radius 3 is 2.25 bits per heavy atom. The predicted octanol–water partition coefficient (Wildman–Crippen LogP) is 2.97. The minimum Gasteiger partial charge on any atom is -0.280 e. The van der Waals surface area contributed by atoms with Crippen LogP contribution in [-0.4, -0.2) is 8.42 Å². The third-order valence-electron chi connectivity index (χ3n) is 2.51. The first kappa shape index (κ1) is 13.8. The van der Waals surface area contributed by atoms with Gasteiger partial charge in [-0.2, -0.15) is 5.26 Å².